The van der Waals surface area contributed by atoms with Gasteiger partial charge >= 0.3 is 12.2 Å². The third-order valence-corrected chi connectivity index (χ3v) is 11.8. The van der Waals surface area contributed by atoms with Crippen molar-refractivity contribution in [3.05, 3.63) is 78.4 Å². The number of aromatic nitrogens is 5. The van der Waals surface area contributed by atoms with Crippen LogP contribution >= 0.6 is 0 Å². The van der Waals surface area contributed by atoms with Gasteiger partial charge in [-0.1, -0.05) is 52.0 Å². The highest BCUT2D eigenvalue weighted by Gasteiger charge is 2.39. The summed E-state index contributed by atoms with van der Waals surface area (Å²) in [6.07, 6.45) is 1.97. The van der Waals surface area contributed by atoms with Crippen LogP contribution in [0.3, 0.4) is 0 Å². The molecule has 15 nitrogen and oxygen atoms in total. The zero-order valence-electron chi connectivity index (χ0n) is 34.7. The second-order valence-corrected chi connectivity index (χ2v) is 16.4. The summed E-state index contributed by atoms with van der Waals surface area (Å²) in [4.78, 5) is 76.7. The number of ether oxygens (including phenoxy) is 2. The Labute approximate surface area is 347 Å². The summed E-state index contributed by atoms with van der Waals surface area (Å²) in [5.41, 5.74) is 8.03. The lowest BCUT2D eigenvalue weighted by Crippen LogP contribution is -2.51. The molecule has 0 saturated carbocycles. The maximum atomic E-state index is 13.7. The normalized spacial score (nSPS) is 17.8. The molecule has 2 saturated heterocycles. The van der Waals surface area contributed by atoms with E-state index < -0.39 is 24.3 Å². The molecule has 4 atom stereocenters. The number of hydrogen-bond donors (Lipinski definition) is 4. The Bertz CT molecular complexity index is 2420. The Balaban J connectivity index is 0.993. The van der Waals surface area contributed by atoms with Gasteiger partial charge in [-0.3, -0.25) is 9.59 Å². The molecule has 2 fully saturated rings. The SMILES string of the molecule is COC(=O)NC(C(=O)N1CCCC1c1nc2ccc(-c3ccc4nc(-c5ccc6nc(C7CCCN7C(=O)C(NC(=O)OC)C(C)C)[nH]c6c5)ccc4c3)cc2[nH]1)C(C)C. The molecule has 2 aliphatic heterocycles. The maximum Gasteiger partial charge on any atom is 0.407 e. The van der Waals surface area contributed by atoms with E-state index in [-0.39, 0.29) is 35.7 Å². The van der Waals surface area contributed by atoms with Crippen molar-refractivity contribution in [3.63, 3.8) is 0 Å². The van der Waals surface area contributed by atoms with Crippen molar-refractivity contribution in [2.75, 3.05) is 27.3 Å². The maximum absolute atomic E-state index is 13.7. The van der Waals surface area contributed by atoms with E-state index in [1.165, 1.54) is 14.2 Å². The lowest BCUT2D eigenvalue weighted by Gasteiger charge is -2.29. The second-order valence-electron chi connectivity index (χ2n) is 16.4. The zero-order chi connectivity index (χ0) is 42.2. The van der Waals surface area contributed by atoms with Crippen molar-refractivity contribution in [2.24, 2.45) is 11.8 Å². The summed E-state index contributed by atoms with van der Waals surface area (Å²) in [7, 11) is 2.58. The monoisotopic (exact) mass is 813 g/mol. The molecule has 5 heterocycles. The standard InChI is InChI=1S/C45H51N9O6/c1-24(2)38(51-44(57)59-5)42(55)53-19-7-9-36(53)40-47-32-17-12-27(22-34(32)49-40)26-11-15-30-28(21-26)13-16-31(46-30)29-14-18-33-35(23-29)50-41(48-33)37-10-8-20-54(37)43(56)39(25(3)4)52-45(58)60-6/h11-18,21-25,36-39H,7-10,19-20H2,1-6H3,(H,47,49)(H,48,50)(H,51,57)(H,52,58). The summed E-state index contributed by atoms with van der Waals surface area (Å²) < 4.78 is 9.56. The van der Waals surface area contributed by atoms with Crippen LogP contribution < -0.4 is 10.6 Å². The predicted molar refractivity (Wildman–Crippen MR) is 228 cm³/mol. The molecule has 60 heavy (non-hydrogen) atoms. The van der Waals surface area contributed by atoms with Gasteiger partial charge in [-0.2, -0.15) is 0 Å². The van der Waals surface area contributed by atoms with Crippen LogP contribution in [-0.2, 0) is 19.1 Å². The minimum Gasteiger partial charge on any atom is -0.453 e. The Morgan fingerprint density at radius 1 is 0.617 bits per heavy atom. The van der Waals surface area contributed by atoms with Crippen LogP contribution in [0.25, 0.3) is 55.4 Å². The van der Waals surface area contributed by atoms with Crippen LogP contribution in [0.1, 0.15) is 77.1 Å². The van der Waals surface area contributed by atoms with Crippen LogP contribution in [0.15, 0.2) is 66.7 Å². The van der Waals surface area contributed by atoms with Gasteiger partial charge in [0.25, 0.3) is 0 Å². The molecule has 3 aromatic carbocycles. The number of carbonyl (C=O) groups excluding carboxylic acids is 4. The average molecular weight is 814 g/mol. The number of fused-ring (bicyclic) bond motifs is 3. The van der Waals surface area contributed by atoms with E-state index in [2.05, 4.69) is 50.9 Å². The summed E-state index contributed by atoms with van der Waals surface area (Å²) in [5, 5.41) is 6.41. The molecule has 8 rings (SSSR count). The molecule has 0 radical (unpaired) electrons. The van der Waals surface area contributed by atoms with Crippen molar-refractivity contribution in [1.29, 1.82) is 0 Å². The smallest absolute Gasteiger partial charge is 0.407 e. The number of nitrogens with one attached hydrogen (secondary N) is 4. The third kappa shape index (κ3) is 7.83. The third-order valence-electron chi connectivity index (χ3n) is 11.8. The molecule has 6 aromatic rings. The van der Waals surface area contributed by atoms with Crippen LogP contribution in [0.4, 0.5) is 9.59 Å². The van der Waals surface area contributed by atoms with Gasteiger partial charge in [0.05, 0.1) is 59.6 Å². The first-order chi connectivity index (χ1) is 28.9. The summed E-state index contributed by atoms with van der Waals surface area (Å²) >= 11 is 0. The van der Waals surface area contributed by atoms with Gasteiger partial charge in [0.2, 0.25) is 11.8 Å². The highest BCUT2D eigenvalue weighted by atomic mass is 16.5. The number of imidazole rings is 2. The van der Waals surface area contributed by atoms with E-state index in [1.807, 2.05) is 73.9 Å². The fourth-order valence-electron chi connectivity index (χ4n) is 8.56. The molecule has 4 N–H and O–H groups in total. The van der Waals surface area contributed by atoms with Crippen LogP contribution in [0.5, 0.6) is 0 Å². The van der Waals surface area contributed by atoms with Crippen LogP contribution in [0, 0.1) is 11.8 Å². The van der Waals surface area contributed by atoms with Crippen molar-refractivity contribution in [3.8, 4) is 22.4 Å². The largest absolute Gasteiger partial charge is 0.453 e. The number of carbonyl (C=O) groups is 4. The van der Waals surface area contributed by atoms with Crippen LogP contribution in [-0.4, -0.2) is 98.1 Å². The van der Waals surface area contributed by atoms with Gasteiger partial charge in [0, 0.05) is 24.0 Å². The Morgan fingerprint density at radius 2 is 1.08 bits per heavy atom. The van der Waals surface area contributed by atoms with E-state index >= 15 is 0 Å². The zero-order valence-corrected chi connectivity index (χ0v) is 34.7. The molecule has 3 aromatic heterocycles. The number of nitrogens with zero attached hydrogens (tertiary/aromatic N) is 5. The number of likely N-dealkylation sites (tertiary alicyclic amines) is 2. The number of amides is 4. The van der Waals surface area contributed by atoms with Crippen LogP contribution in [0.2, 0.25) is 0 Å². The first-order valence-electron chi connectivity index (χ1n) is 20.6. The second kappa shape index (κ2) is 16.6. The van der Waals surface area contributed by atoms with Gasteiger partial charge in [-0.15, -0.1) is 0 Å². The van der Waals surface area contributed by atoms with Gasteiger partial charge in [-0.05, 0) is 91.1 Å². The van der Waals surface area contributed by atoms with Crippen molar-refractivity contribution < 1.29 is 28.7 Å². The van der Waals surface area contributed by atoms with Crippen molar-refractivity contribution >= 4 is 57.0 Å². The quantitative estimate of drug-likeness (QED) is 0.109. The molecule has 4 unspecified atom stereocenters. The minimum absolute atomic E-state index is 0.113. The number of pyridine rings is 1. The summed E-state index contributed by atoms with van der Waals surface area (Å²) in [5.74, 6) is 0.935. The Kier molecular flexibility index (Phi) is 11.2. The van der Waals surface area contributed by atoms with E-state index in [4.69, 9.17) is 24.4 Å². The van der Waals surface area contributed by atoms with Crippen molar-refractivity contribution in [1.82, 2.24) is 45.4 Å². The first kappa shape index (κ1) is 40.3. The van der Waals surface area contributed by atoms with E-state index in [1.54, 1.807) is 0 Å². The van der Waals surface area contributed by atoms with E-state index in [9.17, 15) is 19.2 Å². The lowest BCUT2D eigenvalue weighted by molar-refractivity contribution is -0.136. The average Bonchev–Trinajstić information content (AvgIpc) is 4.08. The number of hydrogen-bond acceptors (Lipinski definition) is 9. The van der Waals surface area contributed by atoms with E-state index in [0.29, 0.717) is 13.1 Å². The van der Waals surface area contributed by atoms with Gasteiger partial charge in [-0.25, -0.2) is 24.5 Å². The highest BCUT2D eigenvalue weighted by molar-refractivity contribution is 5.91. The van der Waals surface area contributed by atoms with Gasteiger partial charge in [0.15, 0.2) is 0 Å². The number of benzene rings is 3. The van der Waals surface area contributed by atoms with Gasteiger partial charge < -0.3 is 39.9 Å². The first-order valence-corrected chi connectivity index (χ1v) is 20.6. The molecule has 4 amide bonds. The van der Waals surface area contributed by atoms with Gasteiger partial charge in [0.1, 0.15) is 23.7 Å². The molecule has 0 spiro atoms. The molecular formula is C45H51N9O6. The number of rotatable bonds is 10. The number of H-pyrrole nitrogens is 2. The molecule has 312 valence electrons. The molecule has 0 bridgehead atoms. The summed E-state index contributed by atoms with van der Waals surface area (Å²) in [6.45, 7) is 8.78. The lowest BCUT2D eigenvalue weighted by atomic mass is 10.0. The number of aromatic amines is 2. The number of alkyl carbamates (subject to hydrolysis) is 2. The number of methoxy groups -OCH3 is 2. The minimum atomic E-state index is -0.700. The summed E-state index contributed by atoms with van der Waals surface area (Å²) in [6, 6.07) is 20.6. The predicted octanol–water partition coefficient (Wildman–Crippen LogP) is 7.41. The highest BCUT2D eigenvalue weighted by Crippen LogP contribution is 2.36. The molecular weight excluding hydrogens is 763 g/mol. The fraction of sp³-hybridized carbons (Fsp3) is 0.400. The van der Waals surface area contributed by atoms with E-state index in [0.717, 1.165) is 92.7 Å². The molecule has 15 heteroatoms. The molecule has 0 aliphatic carbocycles. The molecule has 2 aliphatic rings. The fourth-order valence-corrected chi connectivity index (χ4v) is 8.56. The topological polar surface area (TPSA) is 188 Å². The van der Waals surface area contributed by atoms with Crippen molar-refractivity contribution in [2.45, 2.75) is 77.5 Å². The Hall–Kier alpha value is -6.51. The Morgan fingerprint density at radius 3 is 1.58 bits per heavy atom.